The van der Waals surface area contributed by atoms with Gasteiger partial charge in [0.15, 0.2) is 0 Å². The van der Waals surface area contributed by atoms with Gasteiger partial charge in [0.05, 0.1) is 12.7 Å². The summed E-state index contributed by atoms with van der Waals surface area (Å²) in [6, 6.07) is 0. The largest absolute Gasteiger partial charge is 1.00 e. The Kier molecular flexibility index (Phi) is 12.9. The lowest BCUT2D eigenvalue weighted by atomic mass is 10.1. The van der Waals surface area contributed by atoms with E-state index in [-0.39, 0.29) is 4.70 Å². The summed E-state index contributed by atoms with van der Waals surface area (Å²) in [6.45, 7) is 5.86. The van der Waals surface area contributed by atoms with Crippen molar-refractivity contribution in [2.24, 2.45) is 0 Å². The van der Waals surface area contributed by atoms with Gasteiger partial charge in [-0.05, 0) is 25.3 Å². The summed E-state index contributed by atoms with van der Waals surface area (Å²) in [6.07, 6.45) is 22.3. The van der Waals surface area contributed by atoms with E-state index in [4.69, 9.17) is 0 Å². The Labute approximate surface area is 125 Å². The number of hydrogen-bond donors (Lipinski definition) is 1. The predicted octanol–water partition coefficient (Wildman–Crippen LogP) is 1.62. The highest BCUT2D eigenvalue weighted by Gasteiger charge is 2.14. The van der Waals surface area contributed by atoms with Gasteiger partial charge in [-0.1, -0.05) is 58.8 Å². The average Bonchev–Trinajstić information content (AvgIpc) is 2.85. The minimum Gasteiger partial charge on any atom is -1.00 e. The van der Waals surface area contributed by atoms with Crippen molar-refractivity contribution in [2.75, 3.05) is 6.54 Å². The Hall–Kier alpha value is -0.630. The van der Waals surface area contributed by atoms with Gasteiger partial charge in [-0.25, -0.2) is 0 Å². The maximum atomic E-state index is 2.33. The van der Waals surface area contributed by atoms with Crippen LogP contribution >= 0.6 is 0 Å². The predicted molar refractivity (Wildman–Crippen MR) is 85.2 cm³/mol. The summed E-state index contributed by atoms with van der Waals surface area (Å²) in [5, 5.41) is 0. The van der Waals surface area contributed by atoms with Crippen LogP contribution < -0.4 is 9.60 Å². The van der Waals surface area contributed by atoms with Gasteiger partial charge in [0, 0.05) is 12.5 Å². The SMILES string of the molecule is CCCCCCCCCCC[NH+]1C=CC=C1CCC.[F-]. The summed E-state index contributed by atoms with van der Waals surface area (Å²) in [5.74, 6) is 0. The van der Waals surface area contributed by atoms with Crippen LogP contribution in [0, 0.1) is 0 Å². The molecule has 1 nitrogen and oxygen atoms in total. The van der Waals surface area contributed by atoms with E-state index in [0.29, 0.717) is 0 Å². The molecule has 1 unspecified atom stereocenters. The lowest BCUT2D eigenvalue weighted by Crippen LogP contribution is -3.04. The Bertz CT molecular complexity index is 271. The molecule has 0 radical (unpaired) electrons. The molecule has 118 valence electrons. The Morgan fingerprint density at radius 2 is 1.40 bits per heavy atom. The first-order chi connectivity index (χ1) is 9.38. The highest BCUT2D eigenvalue weighted by atomic mass is 19.0. The first-order valence-electron chi connectivity index (χ1n) is 8.62. The molecule has 0 amide bonds. The zero-order chi connectivity index (χ0) is 13.8. The molecule has 0 aromatic carbocycles. The van der Waals surface area contributed by atoms with Crippen LogP contribution in [0.1, 0.15) is 84.5 Å². The summed E-state index contributed by atoms with van der Waals surface area (Å²) in [7, 11) is 0. The fraction of sp³-hybridized carbons (Fsp3) is 0.778. The molecule has 20 heavy (non-hydrogen) atoms. The van der Waals surface area contributed by atoms with Crippen LogP contribution in [0.5, 0.6) is 0 Å². The second-order valence-electron chi connectivity index (χ2n) is 5.90. The summed E-state index contributed by atoms with van der Waals surface area (Å²) in [5.41, 5.74) is 1.60. The number of nitrogens with one attached hydrogen (secondary N) is 1. The lowest BCUT2D eigenvalue weighted by Gasteiger charge is -2.13. The number of quaternary nitrogens is 1. The summed E-state index contributed by atoms with van der Waals surface area (Å²) < 4.78 is 0. The smallest absolute Gasteiger partial charge is 0.112 e. The maximum Gasteiger partial charge on any atom is 0.112 e. The Morgan fingerprint density at radius 3 is 2.00 bits per heavy atom. The van der Waals surface area contributed by atoms with Gasteiger partial charge in [-0.15, -0.1) is 0 Å². The molecular weight excluding hydrogens is 249 g/mol. The van der Waals surface area contributed by atoms with Crippen LogP contribution in [0.3, 0.4) is 0 Å². The monoisotopic (exact) mass is 283 g/mol. The first kappa shape index (κ1) is 19.4. The van der Waals surface area contributed by atoms with Gasteiger partial charge in [0.2, 0.25) is 0 Å². The molecule has 1 atom stereocenters. The molecule has 1 N–H and O–H groups in total. The average molecular weight is 283 g/mol. The number of hydrogen-bond acceptors (Lipinski definition) is 0. The Balaban J connectivity index is 0.00000361. The number of rotatable bonds is 12. The van der Waals surface area contributed by atoms with Gasteiger partial charge >= 0.3 is 0 Å². The van der Waals surface area contributed by atoms with E-state index in [1.54, 1.807) is 10.6 Å². The number of unbranched alkanes of at least 4 members (excludes halogenated alkanes) is 8. The van der Waals surface area contributed by atoms with Crippen LogP contribution in [0.4, 0.5) is 0 Å². The molecular formula is C18H34FN. The molecule has 2 heteroatoms. The standard InChI is InChI=1S/C18H33N.FH/c1-3-5-6-7-8-9-10-11-12-16-19-17-13-15-18(19)14-4-2;/h13,15,17H,3-12,14,16H2,1-2H3;1H. The van der Waals surface area contributed by atoms with Gasteiger partial charge in [-0.3, -0.25) is 4.90 Å². The molecule has 0 saturated heterocycles. The number of halogens is 1. The van der Waals surface area contributed by atoms with E-state index >= 15 is 0 Å². The molecule has 1 aliphatic heterocycles. The van der Waals surface area contributed by atoms with E-state index < -0.39 is 0 Å². The van der Waals surface area contributed by atoms with Crippen LogP contribution in [0.25, 0.3) is 0 Å². The van der Waals surface area contributed by atoms with Crippen molar-refractivity contribution in [2.45, 2.75) is 84.5 Å². The Morgan fingerprint density at radius 1 is 0.800 bits per heavy atom. The molecule has 0 spiro atoms. The van der Waals surface area contributed by atoms with Crippen molar-refractivity contribution < 1.29 is 9.60 Å². The van der Waals surface area contributed by atoms with Crippen molar-refractivity contribution in [3.63, 3.8) is 0 Å². The van der Waals surface area contributed by atoms with E-state index in [1.165, 1.54) is 77.2 Å². The van der Waals surface area contributed by atoms with E-state index in [9.17, 15) is 0 Å². The quantitative estimate of drug-likeness (QED) is 0.519. The van der Waals surface area contributed by atoms with Gasteiger partial charge < -0.3 is 4.70 Å². The zero-order valence-corrected chi connectivity index (χ0v) is 13.6. The van der Waals surface area contributed by atoms with Crippen molar-refractivity contribution in [1.29, 1.82) is 0 Å². The number of allylic oxidation sites excluding steroid dienone is 3. The van der Waals surface area contributed by atoms with E-state index in [1.807, 2.05) is 0 Å². The zero-order valence-electron chi connectivity index (χ0n) is 13.6. The van der Waals surface area contributed by atoms with Gasteiger partial charge in [0.1, 0.15) is 5.70 Å². The van der Waals surface area contributed by atoms with Crippen molar-refractivity contribution >= 4 is 0 Å². The third-order valence-corrected chi connectivity index (χ3v) is 4.08. The molecule has 0 saturated carbocycles. The molecule has 0 aliphatic carbocycles. The molecule has 0 bridgehead atoms. The highest BCUT2D eigenvalue weighted by Crippen LogP contribution is 2.09. The fourth-order valence-electron chi connectivity index (χ4n) is 2.88. The summed E-state index contributed by atoms with van der Waals surface area (Å²) in [4.78, 5) is 1.62. The van der Waals surface area contributed by atoms with E-state index in [0.717, 1.165) is 0 Å². The summed E-state index contributed by atoms with van der Waals surface area (Å²) >= 11 is 0. The molecule has 1 heterocycles. The lowest BCUT2D eigenvalue weighted by molar-refractivity contribution is -0.804. The molecule has 0 aromatic heterocycles. The third-order valence-electron chi connectivity index (χ3n) is 4.08. The van der Waals surface area contributed by atoms with Gasteiger partial charge in [0.25, 0.3) is 0 Å². The molecule has 1 aliphatic rings. The maximum absolute atomic E-state index is 2.33. The van der Waals surface area contributed by atoms with Crippen molar-refractivity contribution in [3.05, 3.63) is 24.0 Å². The third kappa shape index (κ3) is 8.52. The van der Waals surface area contributed by atoms with Crippen LogP contribution in [-0.2, 0) is 0 Å². The molecule has 0 aromatic rings. The topological polar surface area (TPSA) is 4.44 Å². The molecule has 0 fully saturated rings. The van der Waals surface area contributed by atoms with Gasteiger partial charge in [-0.2, -0.15) is 0 Å². The first-order valence-corrected chi connectivity index (χ1v) is 8.62. The van der Waals surface area contributed by atoms with Crippen LogP contribution in [-0.4, -0.2) is 6.54 Å². The minimum atomic E-state index is 0. The minimum absolute atomic E-state index is 0. The van der Waals surface area contributed by atoms with Crippen molar-refractivity contribution in [1.82, 2.24) is 0 Å². The van der Waals surface area contributed by atoms with E-state index in [2.05, 4.69) is 32.2 Å². The van der Waals surface area contributed by atoms with Crippen LogP contribution in [0.15, 0.2) is 24.0 Å². The second-order valence-corrected chi connectivity index (χ2v) is 5.90. The normalized spacial score (nSPS) is 17.1. The fourth-order valence-corrected chi connectivity index (χ4v) is 2.88. The molecule has 1 rings (SSSR count). The second kappa shape index (κ2) is 13.4. The van der Waals surface area contributed by atoms with Crippen molar-refractivity contribution in [3.8, 4) is 0 Å². The highest BCUT2D eigenvalue weighted by molar-refractivity contribution is 5.10. The van der Waals surface area contributed by atoms with Crippen LogP contribution in [0.2, 0.25) is 0 Å².